The number of piperidine rings is 1. The molecule has 21 heavy (non-hydrogen) atoms. The number of phenolic OH excluding ortho intramolecular Hbond substituents is 1. The van der Waals surface area contributed by atoms with Gasteiger partial charge in [-0.15, -0.1) is 0 Å². The molecule has 1 unspecified atom stereocenters. The van der Waals surface area contributed by atoms with Crippen molar-refractivity contribution in [2.24, 2.45) is 0 Å². The summed E-state index contributed by atoms with van der Waals surface area (Å²) < 4.78 is 6.36. The molecule has 4 heteroatoms. The molecule has 0 bridgehead atoms. The van der Waals surface area contributed by atoms with Gasteiger partial charge in [-0.3, -0.25) is 0 Å². The summed E-state index contributed by atoms with van der Waals surface area (Å²) >= 11 is 0. The first-order valence-corrected chi connectivity index (χ1v) is 7.53. The molecular formula is C17H20BNO2. The topological polar surface area (TPSA) is 41.5 Å². The number of hydrogen-bond acceptors (Lipinski definition) is 3. The van der Waals surface area contributed by atoms with E-state index in [1.54, 1.807) is 12.1 Å². The van der Waals surface area contributed by atoms with E-state index in [-0.39, 0.29) is 18.8 Å². The van der Waals surface area contributed by atoms with Gasteiger partial charge in [-0.05, 0) is 42.4 Å². The molecule has 2 aromatic rings. The lowest BCUT2D eigenvalue weighted by atomic mass is 9.55. The number of benzene rings is 2. The van der Waals surface area contributed by atoms with E-state index in [1.165, 1.54) is 0 Å². The normalized spacial score (nSPS) is 18.4. The van der Waals surface area contributed by atoms with Gasteiger partial charge in [0.2, 0.25) is 0 Å². The Bertz CT molecular complexity index is 553. The van der Waals surface area contributed by atoms with Crippen molar-refractivity contribution in [1.82, 2.24) is 5.32 Å². The number of hydrogen-bond donors (Lipinski definition) is 2. The molecular weight excluding hydrogens is 261 g/mol. The van der Waals surface area contributed by atoms with E-state index in [9.17, 15) is 5.11 Å². The van der Waals surface area contributed by atoms with Crippen LogP contribution >= 0.6 is 0 Å². The van der Waals surface area contributed by atoms with Crippen LogP contribution in [0.4, 0.5) is 0 Å². The second-order valence-electron chi connectivity index (χ2n) is 5.49. The van der Waals surface area contributed by atoms with Crippen LogP contribution in [0.3, 0.4) is 0 Å². The molecule has 2 N–H and O–H groups in total. The highest BCUT2D eigenvalue weighted by Crippen LogP contribution is 2.10. The standard InChI is InChI=1S/C17H20BNO2/c20-16-10-8-15(9-11-16)18(14-5-2-1-3-6-14)21-17-7-4-12-19-13-17/h1-3,5-6,8-11,17,19-20H,4,7,12-13H2. The van der Waals surface area contributed by atoms with Gasteiger partial charge in [-0.1, -0.05) is 42.5 Å². The lowest BCUT2D eigenvalue weighted by Gasteiger charge is -2.27. The molecule has 1 aliphatic rings. The van der Waals surface area contributed by atoms with Gasteiger partial charge in [0.1, 0.15) is 5.75 Å². The second-order valence-corrected chi connectivity index (χ2v) is 5.49. The van der Waals surface area contributed by atoms with Crippen molar-refractivity contribution >= 4 is 17.8 Å². The Morgan fingerprint density at radius 1 is 1.00 bits per heavy atom. The molecule has 0 amide bonds. The summed E-state index contributed by atoms with van der Waals surface area (Å²) in [7, 11) is 0. The lowest BCUT2D eigenvalue weighted by molar-refractivity contribution is 0.173. The molecule has 0 radical (unpaired) electrons. The van der Waals surface area contributed by atoms with Crippen LogP contribution in [0.15, 0.2) is 54.6 Å². The Balaban J connectivity index is 1.85. The molecule has 2 aromatic carbocycles. The maximum Gasteiger partial charge on any atom is 0.361 e. The van der Waals surface area contributed by atoms with Crippen LogP contribution in [0.5, 0.6) is 5.75 Å². The van der Waals surface area contributed by atoms with Crippen LogP contribution in [-0.2, 0) is 4.65 Å². The Kier molecular flexibility index (Phi) is 4.58. The van der Waals surface area contributed by atoms with E-state index in [4.69, 9.17) is 4.65 Å². The monoisotopic (exact) mass is 281 g/mol. The first-order valence-electron chi connectivity index (χ1n) is 7.53. The molecule has 0 saturated carbocycles. The molecule has 1 atom stereocenters. The van der Waals surface area contributed by atoms with Crippen LogP contribution in [-0.4, -0.2) is 31.2 Å². The smallest absolute Gasteiger partial charge is 0.361 e. The summed E-state index contributed by atoms with van der Waals surface area (Å²) in [5, 5.41) is 12.9. The van der Waals surface area contributed by atoms with E-state index in [1.807, 2.05) is 30.3 Å². The summed E-state index contributed by atoms with van der Waals surface area (Å²) in [5.74, 6) is 0.282. The molecule has 0 spiro atoms. The molecule has 0 aromatic heterocycles. The van der Waals surface area contributed by atoms with Crippen LogP contribution < -0.4 is 16.2 Å². The molecule has 1 saturated heterocycles. The van der Waals surface area contributed by atoms with Crippen molar-refractivity contribution in [3.8, 4) is 5.75 Å². The average Bonchev–Trinajstić information content (AvgIpc) is 2.55. The molecule has 1 fully saturated rings. The fraction of sp³-hybridized carbons (Fsp3) is 0.294. The third-order valence-electron chi connectivity index (χ3n) is 3.88. The van der Waals surface area contributed by atoms with Crippen molar-refractivity contribution in [3.05, 3.63) is 54.6 Å². The van der Waals surface area contributed by atoms with Crippen molar-refractivity contribution in [2.45, 2.75) is 18.9 Å². The van der Waals surface area contributed by atoms with Gasteiger partial charge in [0.25, 0.3) is 0 Å². The van der Waals surface area contributed by atoms with Crippen molar-refractivity contribution < 1.29 is 9.76 Å². The van der Waals surface area contributed by atoms with Crippen molar-refractivity contribution in [2.75, 3.05) is 13.1 Å². The van der Waals surface area contributed by atoms with Crippen LogP contribution in [0.1, 0.15) is 12.8 Å². The summed E-state index contributed by atoms with van der Waals surface area (Å²) in [5.41, 5.74) is 2.22. The average molecular weight is 281 g/mol. The Hall–Kier alpha value is -1.78. The minimum atomic E-state index is -0.0864. The largest absolute Gasteiger partial charge is 0.508 e. The Morgan fingerprint density at radius 3 is 2.38 bits per heavy atom. The van der Waals surface area contributed by atoms with Crippen molar-refractivity contribution in [3.63, 3.8) is 0 Å². The molecule has 1 heterocycles. The first-order chi connectivity index (χ1) is 10.3. The highest BCUT2D eigenvalue weighted by atomic mass is 16.4. The molecule has 0 aliphatic carbocycles. The zero-order valence-electron chi connectivity index (χ0n) is 12.0. The SMILES string of the molecule is Oc1ccc(B(OC2CCCNC2)c2ccccc2)cc1. The maximum atomic E-state index is 9.48. The third kappa shape index (κ3) is 3.66. The first kappa shape index (κ1) is 14.2. The van der Waals surface area contributed by atoms with Gasteiger partial charge in [-0.25, -0.2) is 0 Å². The highest BCUT2D eigenvalue weighted by Gasteiger charge is 2.26. The maximum absolute atomic E-state index is 9.48. The molecule has 3 nitrogen and oxygen atoms in total. The van der Waals surface area contributed by atoms with Crippen LogP contribution in [0, 0.1) is 0 Å². The van der Waals surface area contributed by atoms with Gasteiger partial charge in [0, 0.05) is 6.54 Å². The van der Waals surface area contributed by atoms with Gasteiger partial charge >= 0.3 is 6.92 Å². The van der Waals surface area contributed by atoms with Crippen LogP contribution in [0.25, 0.3) is 0 Å². The molecule has 3 rings (SSSR count). The number of aromatic hydroxyl groups is 1. The lowest BCUT2D eigenvalue weighted by Crippen LogP contribution is -2.50. The third-order valence-corrected chi connectivity index (χ3v) is 3.88. The summed E-state index contributed by atoms with van der Waals surface area (Å²) in [4.78, 5) is 0. The quantitative estimate of drug-likeness (QED) is 0.829. The second kappa shape index (κ2) is 6.79. The fourth-order valence-electron chi connectivity index (χ4n) is 2.75. The number of nitrogens with one attached hydrogen (secondary N) is 1. The number of rotatable bonds is 4. The van der Waals surface area contributed by atoms with E-state index < -0.39 is 0 Å². The van der Waals surface area contributed by atoms with E-state index in [0.717, 1.165) is 36.9 Å². The Morgan fingerprint density at radius 2 is 1.71 bits per heavy atom. The molecule has 108 valence electrons. The summed E-state index contributed by atoms with van der Waals surface area (Å²) in [6, 6.07) is 17.6. The van der Waals surface area contributed by atoms with Gasteiger partial charge in [0.15, 0.2) is 0 Å². The predicted octanol–water partition coefficient (Wildman–Crippen LogP) is 1.27. The highest BCUT2D eigenvalue weighted by molar-refractivity contribution is 6.80. The van der Waals surface area contributed by atoms with Gasteiger partial charge in [0.05, 0.1) is 6.10 Å². The van der Waals surface area contributed by atoms with E-state index in [0.29, 0.717) is 0 Å². The molecule has 1 aliphatic heterocycles. The zero-order valence-corrected chi connectivity index (χ0v) is 12.0. The van der Waals surface area contributed by atoms with Gasteiger partial charge in [-0.2, -0.15) is 0 Å². The van der Waals surface area contributed by atoms with Crippen LogP contribution in [0.2, 0.25) is 0 Å². The predicted molar refractivity (Wildman–Crippen MR) is 86.5 cm³/mol. The minimum absolute atomic E-state index is 0.0864. The summed E-state index contributed by atoms with van der Waals surface area (Å²) in [6.45, 7) is 1.90. The minimum Gasteiger partial charge on any atom is -0.508 e. The van der Waals surface area contributed by atoms with E-state index in [2.05, 4.69) is 17.4 Å². The van der Waals surface area contributed by atoms with E-state index >= 15 is 0 Å². The fourth-order valence-corrected chi connectivity index (χ4v) is 2.75. The Labute approximate surface area is 126 Å². The van der Waals surface area contributed by atoms with Gasteiger partial charge < -0.3 is 15.1 Å². The zero-order chi connectivity index (χ0) is 14.5. The summed E-state index contributed by atoms with van der Waals surface area (Å²) in [6.07, 6.45) is 2.48. The number of phenols is 1. The van der Waals surface area contributed by atoms with Crippen molar-refractivity contribution in [1.29, 1.82) is 0 Å².